The second kappa shape index (κ2) is 7.82. The zero-order valence-corrected chi connectivity index (χ0v) is 15.0. The number of likely N-dealkylation sites (N-methyl/N-ethyl adjacent to an activating group) is 1. The molecule has 3 rings (SSSR count). The van der Waals surface area contributed by atoms with Crippen molar-refractivity contribution >= 4 is 11.4 Å². The maximum atomic E-state index is 12.4. The van der Waals surface area contributed by atoms with Gasteiger partial charge in [-0.15, -0.1) is 0 Å². The molecular weight excluding hydrogens is 318 g/mol. The molecule has 1 atom stereocenters. The average molecular weight is 345 g/mol. The monoisotopic (exact) mass is 345 g/mol. The van der Waals surface area contributed by atoms with Gasteiger partial charge in [-0.25, -0.2) is 4.68 Å². The molecule has 0 saturated heterocycles. The third-order valence-corrected chi connectivity index (χ3v) is 5.21. The van der Waals surface area contributed by atoms with Gasteiger partial charge in [-0.3, -0.25) is 9.59 Å². The average Bonchev–Trinajstić information content (AvgIpc) is 3.11. The Labute approximate surface area is 147 Å². The molecule has 25 heavy (non-hydrogen) atoms. The Morgan fingerprint density at radius 2 is 2.16 bits per heavy atom. The van der Waals surface area contributed by atoms with Gasteiger partial charge in [0.05, 0.1) is 0 Å². The molecule has 0 aliphatic heterocycles. The first-order valence-electron chi connectivity index (χ1n) is 9.10. The molecule has 1 N–H and O–H groups in total. The zero-order chi connectivity index (χ0) is 17.8. The minimum Gasteiger partial charge on any atom is -0.353 e. The molecule has 7 heteroatoms. The number of aromatic nitrogens is 3. The summed E-state index contributed by atoms with van der Waals surface area (Å²) in [6.07, 6.45) is 9.75. The minimum atomic E-state index is -0.632. The van der Waals surface area contributed by atoms with E-state index in [2.05, 4.69) is 22.4 Å². The predicted molar refractivity (Wildman–Crippen MR) is 96.7 cm³/mol. The van der Waals surface area contributed by atoms with Gasteiger partial charge in [0.1, 0.15) is 17.9 Å². The topological polar surface area (TPSA) is 71.6 Å². The molecule has 1 fully saturated rings. The first-order chi connectivity index (χ1) is 12.1. The summed E-state index contributed by atoms with van der Waals surface area (Å²) in [6, 6.07) is 3.51. The molecule has 7 nitrogen and oxygen atoms in total. The van der Waals surface area contributed by atoms with E-state index < -0.39 is 6.04 Å². The van der Waals surface area contributed by atoms with Crippen LogP contribution in [0.15, 0.2) is 29.5 Å². The van der Waals surface area contributed by atoms with Crippen LogP contribution in [0.25, 0.3) is 5.52 Å². The highest BCUT2D eigenvalue weighted by Gasteiger charge is 2.20. The number of amides is 1. The van der Waals surface area contributed by atoms with Gasteiger partial charge < -0.3 is 14.6 Å². The Hall–Kier alpha value is -2.15. The van der Waals surface area contributed by atoms with E-state index >= 15 is 0 Å². The van der Waals surface area contributed by atoms with E-state index in [-0.39, 0.29) is 11.5 Å². The Morgan fingerprint density at radius 3 is 2.92 bits per heavy atom. The number of carbonyl (C=O) groups is 1. The molecule has 1 saturated carbocycles. The van der Waals surface area contributed by atoms with Gasteiger partial charge in [0, 0.05) is 25.3 Å². The van der Waals surface area contributed by atoms with Crippen LogP contribution in [0.3, 0.4) is 0 Å². The van der Waals surface area contributed by atoms with Crippen molar-refractivity contribution in [2.45, 2.75) is 51.1 Å². The fourth-order valence-electron chi connectivity index (χ4n) is 3.55. The number of hydrogen-bond acceptors (Lipinski definition) is 4. The summed E-state index contributed by atoms with van der Waals surface area (Å²) in [5.41, 5.74) is 0.265. The van der Waals surface area contributed by atoms with Gasteiger partial charge in [0.25, 0.3) is 5.56 Å². The van der Waals surface area contributed by atoms with Crippen molar-refractivity contribution in [3.05, 3.63) is 35.0 Å². The largest absolute Gasteiger partial charge is 0.353 e. The van der Waals surface area contributed by atoms with Crippen LogP contribution in [0.1, 0.15) is 45.1 Å². The number of nitrogens with zero attached hydrogens (tertiary/aromatic N) is 4. The normalized spacial score (nSPS) is 17.1. The molecule has 1 unspecified atom stereocenters. The zero-order valence-electron chi connectivity index (χ0n) is 15.0. The molecular formula is C18H27N5O2. The SMILES string of the molecule is CC(C(=O)NCCN(C)C1CCCCC1)n1ncn2cccc2c1=O. The molecule has 0 radical (unpaired) electrons. The van der Waals surface area contributed by atoms with Crippen molar-refractivity contribution in [2.24, 2.45) is 0 Å². The lowest BCUT2D eigenvalue weighted by atomic mass is 9.94. The van der Waals surface area contributed by atoms with E-state index in [4.69, 9.17) is 0 Å². The van der Waals surface area contributed by atoms with Crippen LogP contribution >= 0.6 is 0 Å². The second-order valence-electron chi connectivity index (χ2n) is 6.92. The maximum absolute atomic E-state index is 12.4. The van der Waals surface area contributed by atoms with Gasteiger partial charge in [-0.2, -0.15) is 5.10 Å². The molecule has 0 bridgehead atoms. The Bertz CT molecular complexity index is 775. The molecule has 0 spiro atoms. The number of nitrogens with one attached hydrogen (secondary N) is 1. The summed E-state index contributed by atoms with van der Waals surface area (Å²) >= 11 is 0. The lowest BCUT2D eigenvalue weighted by molar-refractivity contribution is -0.124. The minimum absolute atomic E-state index is 0.178. The highest BCUT2D eigenvalue weighted by molar-refractivity contribution is 5.79. The molecule has 136 valence electrons. The Kier molecular flexibility index (Phi) is 5.53. The van der Waals surface area contributed by atoms with E-state index in [1.807, 2.05) is 0 Å². The van der Waals surface area contributed by atoms with Crippen LogP contribution in [0.2, 0.25) is 0 Å². The fourth-order valence-corrected chi connectivity index (χ4v) is 3.55. The van der Waals surface area contributed by atoms with Crippen molar-refractivity contribution in [1.82, 2.24) is 24.4 Å². The van der Waals surface area contributed by atoms with Crippen LogP contribution in [0.5, 0.6) is 0 Å². The van der Waals surface area contributed by atoms with Gasteiger partial charge in [-0.05, 0) is 38.9 Å². The summed E-state index contributed by atoms with van der Waals surface area (Å²) in [7, 11) is 2.12. The summed E-state index contributed by atoms with van der Waals surface area (Å²) in [5, 5.41) is 7.05. The van der Waals surface area contributed by atoms with Crippen LogP contribution in [0, 0.1) is 0 Å². The maximum Gasteiger partial charge on any atom is 0.291 e. The van der Waals surface area contributed by atoms with E-state index in [0.29, 0.717) is 18.1 Å². The molecule has 2 heterocycles. The number of rotatable bonds is 6. The quantitative estimate of drug-likeness (QED) is 0.860. The Morgan fingerprint density at radius 1 is 1.40 bits per heavy atom. The van der Waals surface area contributed by atoms with Crippen molar-refractivity contribution in [2.75, 3.05) is 20.1 Å². The third-order valence-electron chi connectivity index (χ3n) is 5.21. The first-order valence-corrected chi connectivity index (χ1v) is 9.10. The third kappa shape index (κ3) is 3.92. The van der Waals surface area contributed by atoms with Crippen molar-refractivity contribution in [3.63, 3.8) is 0 Å². The second-order valence-corrected chi connectivity index (χ2v) is 6.92. The van der Waals surface area contributed by atoms with Crippen molar-refractivity contribution < 1.29 is 4.79 Å². The van der Waals surface area contributed by atoms with Crippen molar-refractivity contribution in [1.29, 1.82) is 0 Å². The highest BCUT2D eigenvalue weighted by Crippen LogP contribution is 2.21. The summed E-state index contributed by atoms with van der Waals surface area (Å²) < 4.78 is 2.90. The summed E-state index contributed by atoms with van der Waals surface area (Å²) in [5.74, 6) is -0.178. The Balaban J connectivity index is 1.55. The number of hydrogen-bond donors (Lipinski definition) is 1. The number of fused-ring (bicyclic) bond motifs is 1. The van der Waals surface area contributed by atoms with E-state index in [1.165, 1.54) is 36.8 Å². The highest BCUT2D eigenvalue weighted by atomic mass is 16.2. The van der Waals surface area contributed by atoms with Gasteiger partial charge in [0.2, 0.25) is 5.91 Å². The van der Waals surface area contributed by atoms with Crippen LogP contribution in [-0.4, -0.2) is 51.2 Å². The standard InChI is InChI=1S/C18H27N5O2/c1-14(23-18(25)16-9-6-11-22(16)13-20-23)17(24)19-10-12-21(2)15-7-4-3-5-8-15/h6,9,11,13-15H,3-5,7-8,10,12H2,1-2H3,(H,19,24). The summed E-state index contributed by atoms with van der Waals surface area (Å²) in [6.45, 7) is 3.11. The molecule has 2 aromatic heterocycles. The van der Waals surface area contributed by atoms with E-state index in [9.17, 15) is 9.59 Å². The summed E-state index contributed by atoms with van der Waals surface area (Å²) in [4.78, 5) is 27.1. The molecule has 2 aromatic rings. The molecule has 1 aliphatic carbocycles. The first kappa shape index (κ1) is 17.7. The van der Waals surface area contributed by atoms with Crippen LogP contribution < -0.4 is 10.9 Å². The lowest BCUT2D eigenvalue weighted by Crippen LogP contribution is -2.42. The molecule has 1 amide bonds. The van der Waals surface area contributed by atoms with Gasteiger partial charge in [0.15, 0.2) is 0 Å². The van der Waals surface area contributed by atoms with Crippen molar-refractivity contribution in [3.8, 4) is 0 Å². The van der Waals surface area contributed by atoms with E-state index in [0.717, 1.165) is 6.54 Å². The molecule has 1 aliphatic rings. The molecule has 0 aromatic carbocycles. The van der Waals surface area contributed by atoms with Gasteiger partial charge >= 0.3 is 0 Å². The van der Waals surface area contributed by atoms with E-state index in [1.54, 1.807) is 36.0 Å². The lowest BCUT2D eigenvalue weighted by Gasteiger charge is -2.31. The van der Waals surface area contributed by atoms with Crippen LogP contribution in [0.4, 0.5) is 0 Å². The fraction of sp³-hybridized carbons (Fsp3) is 0.611. The number of carbonyl (C=O) groups excluding carboxylic acids is 1. The van der Waals surface area contributed by atoms with Gasteiger partial charge in [-0.1, -0.05) is 19.3 Å². The predicted octanol–water partition coefficient (Wildman–Crippen LogP) is 1.44. The van der Waals surface area contributed by atoms with Crippen LogP contribution in [-0.2, 0) is 4.79 Å². The smallest absolute Gasteiger partial charge is 0.291 e.